The highest BCUT2D eigenvalue weighted by atomic mass is 32.1. The van der Waals surface area contributed by atoms with Gasteiger partial charge in [-0.25, -0.2) is 0 Å². The van der Waals surface area contributed by atoms with E-state index >= 15 is 0 Å². The van der Waals surface area contributed by atoms with Crippen LogP contribution in [0.2, 0.25) is 0 Å². The third-order valence-corrected chi connectivity index (χ3v) is 6.63. The van der Waals surface area contributed by atoms with Crippen LogP contribution in [0.5, 0.6) is 0 Å². The molecule has 0 N–H and O–H groups in total. The SMILES string of the molecule is Cc1cc(C)c(-c2cc3c4c(ccc3s2)C(=O)c2ccccc2C4=O)c(C)c1. The molecule has 5 rings (SSSR count). The highest BCUT2D eigenvalue weighted by Gasteiger charge is 2.31. The number of thiophene rings is 1. The molecule has 3 heteroatoms. The van der Waals surface area contributed by atoms with Crippen molar-refractivity contribution in [2.75, 3.05) is 0 Å². The first-order valence-electron chi connectivity index (χ1n) is 9.29. The second kappa shape index (κ2) is 5.98. The highest BCUT2D eigenvalue weighted by Crippen LogP contribution is 2.41. The molecule has 0 bridgehead atoms. The molecule has 1 aromatic heterocycles. The van der Waals surface area contributed by atoms with Crippen molar-refractivity contribution >= 4 is 33.0 Å². The van der Waals surface area contributed by atoms with E-state index in [1.165, 1.54) is 22.3 Å². The Morgan fingerprint density at radius 2 is 1.32 bits per heavy atom. The van der Waals surface area contributed by atoms with E-state index in [1.807, 2.05) is 18.2 Å². The number of carbonyl (C=O) groups excluding carboxylic acids is 2. The standard InChI is InChI=1S/C25H18O2S/c1-13-10-14(2)22(15(3)11-13)21-12-19-20(28-21)9-8-18-23(19)25(27)17-7-5-4-6-16(17)24(18)26/h4-12H,1-3H3. The maximum atomic E-state index is 13.2. The van der Waals surface area contributed by atoms with Crippen LogP contribution in [0.25, 0.3) is 20.5 Å². The summed E-state index contributed by atoms with van der Waals surface area (Å²) in [6.07, 6.45) is 0. The molecule has 2 nitrogen and oxygen atoms in total. The van der Waals surface area contributed by atoms with Crippen LogP contribution < -0.4 is 0 Å². The predicted molar refractivity (Wildman–Crippen MR) is 115 cm³/mol. The summed E-state index contributed by atoms with van der Waals surface area (Å²) in [7, 11) is 0. The summed E-state index contributed by atoms with van der Waals surface area (Å²) in [5.74, 6) is -0.125. The number of benzene rings is 3. The molecule has 0 aliphatic heterocycles. The molecule has 28 heavy (non-hydrogen) atoms. The van der Waals surface area contributed by atoms with Crippen LogP contribution in [0.3, 0.4) is 0 Å². The van der Waals surface area contributed by atoms with Crippen molar-refractivity contribution in [3.05, 3.63) is 93.5 Å². The molecule has 1 aliphatic rings. The fourth-order valence-corrected chi connectivity index (χ4v) is 5.64. The molecular weight excluding hydrogens is 364 g/mol. The molecule has 4 aromatic rings. The monoisotopic (exact) mass is 382 g/mol. The number of hydrogen-bond acceptors (Lipinski definition) is 3. The molecule has 1 heterocycles. The quantitative estimate of drug-likeness (QED) is 0.342. The van der Waals surface area contributed by atoms with Crippen molar-refractivity contribution in [2.45, 2.75) is 20.8 Å². The zero-order valence-electron chi connectivity index (χ0n) is 15.9. The van der Waals surface area contributed by atoms with E-state index in [1.54, 1.807) is 29.5 Å². The molecule has 3 aromatic carbocycles. The molecular formula is C25H18O2S. The lowest BCUT2D eigenvalue weighted by atomic mass is 9.82. The zero-order chi connectivity index (χ0) is 19.6. The largest absolute Gasteiger partial charge is 0.289 e. The van der Waals surface area contributed by atoms with Gasteiger partial charge in [-0.1, -0.05) is 42.0 Å². The van der Waals surface area contributed by atoms with E-state index < -0.39 is 0 Å². The maximum absolute atomic E-state index is 13.2. The summed E-state index contributed by atoms with van der Waals surface area (Å²) in [6.45, 7) is 6.35. The summed E-state index contributed by atoms with van der Waals surface area (Å²) in [5, 5.41) is 0.879. The van der Waals surface area contributed by atoms with Gasteiger partial charge in [0.15, 0.2) is 11.6 Å². The van der Waals surface area contributed by atoms with E-state index in [9.17, 15) is 9.59 Å². The summed E-state index contributed by atoms with van der Waals surface area (Å²) in [4.78, 5) is 27.4. The summed E-state index contributed by atoms with van der Waals surface area (Å²) in [6, 6.07) is 17.3. The van der Waals surface area contributed by atoms with Gasteiger partial charge in [-0.15, -0.1) is 11.3 Å². The van der Waals surface area contributed by atoms with Crippen molar-refractivity contribution in [2.24, 2.45) is 0 Å². The fourth-order valence-electron chi connectivity index (χ4n) is 4.40. The first kappa shape index (κ1) is 17.1. The normalized spacial score (nSPS) is 13.0. The Morgan fingerprint density at radius 1 is 0.679 bits per heavy atom. The zero-order valence-corrected chi connectivity index (χ0v) is 16.7. The Hall–Kier alpha value is -3.04. The maximum Gasteiger partial charge on any atom is 0.195 e. The molecule has 0 radical (unpaired) electrons. The Morgan fingerprint density at radius 3 is 2.00 bits per heavy atom. The van der Waals surface area contributed by atoms with Gasteiger partial charge in [-0.3, -0.25) is 9.59 Å². The van der Waals surface area contributed by atoms with Crippen LogP contribution in [0.15, 0.2) is 54.6 Å². The van der Waals surface area contributed by atoms with E-state index in [2.05, 4.69) is 39.0 Å². The van der Waals surface area contributed by atoms with E-state index in [0.29, 0.717) is 22.3 Å². The predicted octanol–water partition coefficient (Wildman–Crippen LogP) is 6.27. The highest BCUT2D eigenvalue weighted by molar-refractivity contribution is 7.22. The van der Waals surface area contributed by atoms with Gasteiger partial charge in [-0.2, -0.15) is 0 Å². The van der Waals surface area contributed by atoms with Gasteiger partial charge in [0, 0.05) is 37.2 Å². The molecule has 1 aliphatic carbocycles. The number of carbonyl (C=O) groups is 2. The van der Waals surface area contributed by atoms with Crippen molar-refractivity contribution in [1.82, 2.24) is 0 Å². The minimum Gasteiger partial charge on any atom is -0.289 e. The van der Waals surface area contributed by atoms with Crippen LogP contribution >= 0.6 is 11.3 Å². The third-order valence-electron chi connectivity index (χ3n) is 5.51. The number of hydrogen-bond donors (Lipinski definition) is 0. The minimum absolute atomic E-state index is 0.0579. The lowest BCUT2D eigenvalue weighted by Crippen LogP contribution is -2.20. The number of aryl methyl sites for hydroxylation is 3. The molecule has 0 amide bonds. The van der Waals surface area contributed by atoms with Gasteiger partial charge < -0.3 is 0 Å². The topological polar surface area (TPSA) is 34.1 Å². The Balaban J connectivity index is 1.78. The van der Waals surface area contributed by atoms with Gasteiger partial charge in [0.05, 0.1) is 0 Å². The van der Waals surface area contributed by atoms with E-state index in [4.69, 9.17) is 0 Å². The Bertz CT molecular complexity index is 1300. The Kier molecular flexibility index (Phi) is 3.65. The van der Waals surface area contributed by atoms with Crippen molar-refractivity contribution in [1.29, 1.82) is 0 Å². The van der Waals surface area contributed by atoms with Gasteiger partial charge in [0.2, 0.25) is 0 Å². The second-order valence-corrected chi connectivity index (χ2v) is 8.57. The summed E-state index contributed by atoms with van der Waals surface area (Å²) < 4.78 is 1.04. The van der Waals surface area contributed by atoms with E-state index in [0.717, 1.165) is 15.0 Å². The molecule has 0 atom stereocenters. The molecule has 136 valence electrons. The first-order chi connectivity index (χ1) is 13.5. The van der Waals surface area contributed by atoms with E-state index in [-0.39, 0.29) is 11.6 Å². The molecule has 0 unspecified atom stereocenters. The van der Waals surface area contributed by atoms with Crippen molar-refractivity contribution in [3.63, 3.8) is 0 Å². The van der Waals surface area contributed by atoms with Gasteiger partial charge in [-0.05, 0) is 55.7 Å². The summed E-state index contributed by atoms with van der Waals surface area (Å²) in [5.41, 5.74) is 6.98. The van der Waals surface area contributed by atoms with Crippen LogP contribution in [0, 0.1) is 20.8 Å². The van der Waals surface area contributed by atoms with Gasteiger partial charge >= 0.3 is 0 Å². The number of fused-ring (bicyclic) bond motifs is 4. The molecule has 0 spiro atoms. The first-order valence-corrected chi connectivity index (χ1v) is 10.1. The molecule has 0 saturated heterocycles. The average molecular weight is 382 g/mol. The summed E-state index contributed by atoms with van der Waals surface area (Å²) >= 11 is 1.68. The van der Waals surface area contributed by atoms with Crippen molar-refractivity contribution < 1.29 is 9.59 Å². The van der Waals surface area contributed by atoms with Crippen LogP contribution in [-0.2, 0) is 0 Å². The van der Waals surface area contributed by atoms with Gasteiger partial charge in [0.1, 0.15) is 0 Å². The smallest absolute Gasteiger partial charge is 0.195 e. The minimum atomic E-state index is -0.0671. The van der Waals surface area contributed by atoms with Crippen LogP contribution in [-0.4, -0.2) is 11.6 Å². The van der Waals surface area contributed by atoms with Gasteiger partial charge in [0.25, 0.3) is 0 Å². The average Bonchev–Trinajstić information content (AvgIpc) is 3.08. The number of ketones is 2. The second-order valence-electron chi connectivity index (χ2n) is 7.49. The lowest BCUT2D eigenvalue weighted by molar-refractivity contribution is 0.0980. The molecule has 0 saturated carbocycles. The third kappa shape index (κ3) is 2.33. The van der Waals surface area contributed by atoms with Crippen LogP contribution in [0.1, 0.15) is 48.5 Å². The number of rotatable bonds is 1. The fraction of sp³-hybridized carbons (Fsp3) is 0.120. The Labute approximate surface area is 167 Å². The van der Waals surface area contributed by atoms with Crippen LogP contribution in [0.4, 0.5) is 0 Å². The van der Waals surface area contributed by atoms with Crippen molar-refractivity contribution in [3.8, 4) is 10.4 Å². The molecule has 0 fully saturated rings. The lowest BCUT2D eigenvalue weighted by Gasteiger charge is -2.17.